The lowest BCUT2D eigenvalue weighted by Gasteiger charge is -2.36. The van der Waals surface area contributed by atoms with E-state index in [0.29, 0.717) is 42.8 Å². The predicted molar refractivity (Wildman–Crippen MR) is 182 cm³/mol. The summed E-state index contributed by atoms with van der Waals surface area (Å²) < 4.78 is 14.8. The Hall–Kier alpha value is -3.79. The quantitative estimate of drug-likeness (QED) is 0.176. The van der Waals surface area contributed by atoms with E-state index in [0.717, 1.165) is 11.1 Å². The second-order valence-corrected chi connectivity index (χ2v) is 12.9. The second kappa shape index (κ2) is 16.9. The highest BCUT2D eigenvalue weighted by Crippen LogP contribution is 2.34. The molecule has 4 N–H and O–H groups in total. The van der Waals surface area contributed by atoms with Gasteiger partial charge in [-0.25, -0.2) is 4.39 Å². The SMILES string of the molecule is CC[C@H](C)[C@@]1(NC(C)=O)CCN([C@@H](CCc2ccccc2)C(=O)N[C@@H](Cc2ccccc2F)[C@H](O)CNCc2cccc(Cl)c2)C1=O. The first kappa shape index (κ1) is 36.1. The van der Waals surface area contributed by atoms with E-state index >= 15 is 0 Å². The Morgan fingerprint density at radius 2 is 1.74 bits per heavy atom. The lowest BCUT2D eigenvalue weighted by atomic mass is 9.81. The van der Waals surface area contributed by atoms with Gasteiger partial charge in [-0.05, 0) is 66.5 Å². The highest BCUT2D eigenvalue weighted by Gasteiger charge is 2.53. The first-order valence-electron chi connectivity index (χ1n) is 16.3. The molecule has 10 heteroatoms. The van der Waals surface area contributed by atoms with Crippen LogP contribution in [0.3, 0.4) is 0 Å². The van der Waals surface area contributed by atoms with E-state index in [-0.39, 0.29) is 37.2 Å². The van der Waals surface area contributed by atoms with Crippen LogP contribution in [0.4, 0.5) is 4.39 Å². The van der Waals surface area contributed by atoms with Crippen LogP contribution in [-0.4, -0.2) is 64.5 Å². The molecule has 3 aromatic carbocycles. The van der Waals surface area contributed by atoms with Gasteiger partial charge in [0, 0.05) is 31.6 Å². The first-order valence-corrected chi connectivity index (χ1v) is 16.7. The van der Waals surface area contributed by atoms with Crippen molar-refractivity contribution in [3.63, 3.8) is 0 Å². The number of hydrogen-bond donors (Lipinski definition) is 4. The number of aliphatic hydroxyl groups excluding tert-OH is 1. The molecule has 0 spiro atoms. The number of carbonyl (C=O) groups is 3. The fourth-order valence-electron chi connectivity index (χ4n) is 6.41. The van der Waals surface area contributed by atoms with E-state index in [4.69, 9.17) is 11.6 Å². The lowest BCUT2D eigenvalue weighted by Crippen LogP contribution is -2.60. The van der Waals surface area contributed by atoms with Crippen LogP contribution in [0.5, 0.6) is 0 Å². The van der Waals surface area contributed by atoms with Gasteiger partial charge in [-0.1, -0.05) is 92.5 Å². The minimum atomic E-state index is -1.11. The number of nitrogens with zero attached hydrogens (tertiary/aromatic N) is 1. The number of aryl methyl sites for hydroxylation is 1. The number of rotatable bonds is 16. The van der Waals surface area contributed by atoms with Crippen LogP contribution < -0.4 is 16.0 Å². The number of carbonyl (C=O) groups excluding carboxylic acids is 3. The maximum Gasteiger partial charge on any atom is 0.249 e. The molecular formula is C37H46ClFN4O4. The molecule has 8 nitrogen and oxygen atoms in total. The third-order valence-electron chi connectivity index (χ3n) is 9.23. The molecule has 0 unspecified atom stereocenters. The van der Waals surface area contributed by atoms with Crippen LogP contribution in [-0.2, 0) is 33.8 Å². The average molecular weight is 665 g/mol. The van der Waals surface area contributed by atoms with Crippen molar-refractivity contribution in [2.45, 2.75) is 83.1 Å². The molecule has 5 atom stereocenters. The van der Waals surface area contributed by atoms with Crippen LogP contribution in [0.15, 0.2) is 78.9 Å². The molecule has 0 saturated carbocycles. The Labute approximate surface area is 282 Å². The van der Waals surface area contributed by atoms with Crippen LogP contribution in [0.2, 0.25) is 5.02 Å². The van der Waals surface area contributed by atoms with Gasteiger partial charge in [0.25, 0.3) is 0 Å². The predicted octanol–water partition coefficient (Wildman–Crippen LogP) is 4.81. The van der Waals surface area contributed by atoms with Crippen molar-refractivity contribution in [3.8, 4) is 0 Å². The summed E-state index contributed by atoms with van der Waals surface area (Å²) in [6, 6.07) is 21.6. The van der Waals surface area contributed by atoms with Crippen molar-refractivity contribution >= 4 is 29.3 Å². The lowest BCUT2D eigenvalue weighted by molar-refractivity contribution is -0.144. The molecule has 0 aliphatic carbocycles. The Morgan fingerprint density at radius 3 is 2.43 bits per heavy atom. The number of nitrogens with one attached hydrogen (secondary N) is 3. The standard InChI is InChI=1S/C37H46ClFN4O4/c1-4-25(2)37(42-26(3)44)19-20-43(36(37)47)33(18-17-27-11-6-5-7-12-27)35(46)41-32(22-29-14-8-9-16-31(29)39)34(45)24-40-23-28-13-10-15-30(38)21-28/h5-16,21,25,32-34,40,45H,4,17-20,22-24H2,1-3H3,(H,41,46)(H,42,44)/t25-,32-,33-,34+,37-/m0/s1. The zero-order chi connectivity index (χ0) is 34.0. The minimum absolute atomic E-state index is 0.0421. The summed E-state index contributed by atoms with van der Waals surface area (Å²) >= 11 is 6.12. The number of hydrogen-bond acceptors (Lipinski definition) is 5. The monoisotopic (exact) mass is 664 g/mol. The summed E-state index contributed by atoms with van der Waals surface area (Å²) in [4.78, 5) is 42.3. The zero-order valence-corrected chi connectivity index (χ0v) is 28.1. The molecule has 1 saturated heterocycles. The number of benzene rings is 3. The van der Waals surface area contributed by atoms with Gasteiger partial charge in [-0.3, -0.25) is 14.4 Å². The molecule has 1 aliphatic heterocycles. The van der Waals surface area contributed by atoms with Crippen LogP contribution in [0.25, 0.3) is 0 Å². The van der Waals surface area contributed by atoms with E-state index in [1.54, 1.807) is 29.2 Å². The van der Waals surface area contributed by atoms with Gasteiger partial charge in [0.05, 0.1) is 12.1 Å². The third-order valence-corrected chi connectivity index (χ3v) is 9.47. The molecule has 3 aromatic rings. The van der Waals surface area contributed by atoms with Crippen molar-refractivity contribution in [1.82, 2.24) is 20.9 Å². The number of halogens is 2. The van der Waals surface area contributed by atoms with Gasteiger partial charge < -0.3 is 26.0 Å². The molecule has 4 rings (SSSR count). The largest absolute Gasteiger partial charge is 0.390 e. The highest BCUT2D eigenvalue weighted by molar-refractivity contribution is 6.30. The van der Waals surface area contributed by atoms with Crippen LogP contribution in [0.1, 0.15) is 56.7 Å². The normalized spacial score (nSPS) is 18.8. The van der Waals surface area contributed by atoms with Gasteiger partial charge in [0.2, 0.25) is 17.7 Å². The maximum absolute atomic E-state index is 14.8. The second-order valence-electron chi connectivity index (χ2n) is 12.5. The molecular weight excluding hydrogens is 619 g/mol. The van der Waals surface area contributed by atoms with E-state index in [2.05, 4.69) is 16.0 Å². The van der Waals surface area contributed by atoms with E-state index < -0.39 is 35.5 Å². The summed E-state index contributed by atoms with van der Waals surface area (Å²) in [6.07, 6.45) is 0.861. The number of aliphatic hydroxyl groups is 1. The van der Waals surface area contributed by atoms with Gasteiger partial charge in [-0.2, -0.15) is 0 Å². The minimum Gasteiger partial charge on any atom is -0.390 e. The van der Waals surface area contributed by atoms with Crippen LogP contribution in [0, 0.1) is 11.7 Å². The van der Waals surface area contributed by atoms with Crippen molar-refractivity contribution in [3.05, 3.63) is 106 Å². The molecule has 252 valence electrons. The molecule has 0 aromatic heterocycles. The van der Waals surface area contributed by atoms with E-state index in [1.165, 1.54) is 13.0 Å². The van der Waals surface area contributed by atoms with Crippen molar-refractivity contribution in [2.24, 2.45) is 5.92 Å². The molecule has 0 bridgehead atoms. The number of amides is 3. The summed E-state index contributed by atoms with van der Waals surface area (Å²) in [7, 11) is 0. The summed E-state index contributed by atoms with van der Waals surface area (Å²) in [5, 5.41) is 21.1. The highest BCUT2D eigenvalue weighted by atomic mass is 35.5. The Kier molecular flexibility index (Phi) is 12.9. The van der Waals surface area contributed by atoms with Gasteiger partial charge in [-0.15, -0.1) is 0 Å². The maximum atomic E-state index is 14.8. The average Bonchev–Trinajstić information content (AvgIpc) is 3.37. The smallest absolute Gasteiger partial charge is 0.249 e. The Balaban J connectivity index is 1.59. The number of likely N-dealkylation sites (tertiary alicyclic amines) is 1. The molecule has 0 radical (unpaired) electrons. The fraction of sp³-hybridized carbons (Fsp3) is 0.432. The van der Waals surface area contributed by atoms with Crippen molar-refractivity contribution in [2.75, 3.05) is 13.1 Å². The molecule has 47 heavy (non-hydrogen) atoms. The summed E-state index contributed by atoms with van der Waals surface area (Å²) in [6.45, 7) is 6.14. The molecule has 1 fully saturated rings. The first-order chi connectivity index (χ1) is 22.5. The Bertz CT molecular complexity index is 1510. The molecule has 1 heterocycles. The molecule has 1 aliphatic rings. The third kappa shape index (κ3) is 9.40. The molecule has 3 amide bonds. The van der Waals surface area contributed by atoms with E-state index in [1.807, 2.05) is 62.4 Å². The van der Waals surface area contributed by atoms with Gasteiger partial charge in [0.1, 0.15) is 17.4 Å². The van der Waals surface area contributed by atoms with Crippen LogP contribution >= 0.6 is 11.6 Å². The zero-order valence-electron chi connectivity index (χ0n) is 27.3. The summed E-state index contributed by atoms with van der Waals surface area (Å²) in [5.74, 6) is -1.61. The van der Waals surface area contributed by atoms with Crippen molar-refractivity contribution in [1.29, 1.82) is 0 Å². The van der Waals surface area contributed by atoms with E-state index in [9.17, 15) is 23.9 Å². The fourth-order valence-corrected chi connectivity index (χ4v) is 6.62. The van der Waals surface area contributed by atoms with Gasteiger partial charge in [0.15, 0.2) is 0 Å². The van der Waals surface area contributed by atoms with Crippen molar-refractivity contribution < 1.29 is 23.9 Å². The Morgan fingerprint density at radius 1 is 1.04 bits per heavy atom. The summed E-state index contributed by atoms with van der Waals surface area (Å²) in [5.41, 5.74) is 1.19. The van der Waals surface area contributed by atoms with Gasteiger partial charge >= 0.3 is 0 Å². The topological polar surface area (TPSA) is 111 Å².